The second-order valence-corrected chi connectivity index (χ2v) is 5.96. The highest BCUT2D eigenvalue weighted by atomic mass is 79.9. The lowest BCUT2D eigenvalue weighted by molar-refractivity contribution is 0.00441. The van der Waals surface area contributed by atoms with E-state index in [1.54, 1.807) is 0 Å². The summed E-state index contributed by atoms with van der Waals surface area (Å²) < 4.78 is 29.5. The van der Waals surface area contributed by atoms with E-state index in [0.717, 1.165) is 15.4 Å². The first-order valence-electron chi connectivity index (χ1n) is 6.16. The van der Waals surface area contributed by atoms with Crippen LogP contribution in [-0.2, 0) is 6.54 Å². The van der Waals surface area contributed by atoms with Gasteiger partial charge in [0.05, 0.1) is 0 Å². The van der Waals surface area contributed by atoms with Gasteiger partial charge in [0.2, 0.25) is 5.92 Å². The smallest absolute Gasteiger partial charge is 0.248 e. The minimum atomic E-state index is -2.45. The standard InChI is InChI=1S/C14H14BrF2N/c15-12-2-1-3-13-11(12)5-7-18(13)9-10-4-6-14(16,17)8-10/h1-3,5,7,10H,4,6,8-9H2. The van der Waals surface area contributed by atoms with Crippen LogP contribution < -0.4 is 0 Å². The second kappa shape index (κ2) is 4.34. The highest BCUT2D eigenvalue weighted by Crippen LogP contribution is 2.40. The fourth-order valence-corrected chi connectivity index (χ4v) is 3.31. The number of hydrogen-bond donors (Lipinski definition) is 0. The molecule has 1 aliphatic rings. The molecule has 2 aromatic rings. The van der Waals surface area contributed by atoms with Crippen molar-refractivity contribution in [3.63, 3.8) is 0 Å². The predicted octanol–water partition coefficient (Wildman–Crippen LogP) is 4.84. The fraction of sp³-hybridized carbons (Fsp3) is 0.429. The summed E-state index contributed by atoms with van der Waals surface area (Å²) in [5.74, 6) is -2.36. The van der Waals surface area contributed by atoms with Crippen molar-refractivity contribution in [1.29, 1.82) is 0 Å². The van der Waals surface area contributed by atoms with E-state index in [4.69, 9.17) is 0 Å². The minimum absolute atomic E-state index is 0.0284. The zero-order chi connectivity index (χ0) is 12.8. The molecule has 96 valence electrons. The monoisotopic (exact) mass is 313 g/mol. The molecule has 18 heavy (non-hydrogen) atoms. The lowest BCUT2D eigenvalue weighted by Gasteiger charge is -2.12. The summed E-state index contributed by atoms with van der Waals surface area (Å²) in [7, 11) is 0. The van der Waals surface area contributed by atoms with Crippen LogP contribution >= 0.6 is 15.9 Å². The molecule has 0 N–H and O–H groups in total. The van der Waals surface area contributed by atoms with Gasteiger partial charge in [0.25, 0.3) is 0 Å². The topological polar surface area (TPSA) is 4.93 Å². The van der Waals surface area contributed by atoms with Gasteiger partial charge in [-0.05, 0) is 30.5 Å². The largest absolute Gasteiger partial charge is 0.347 e. The molecule has 1 unspecified atom stereocenters. The highest BCUT2D eigenvalue weighted by Gasteiger charge is 2.39. The summed E-state index contributed by atoms with van der Waals surface area (Å²) in [5, 5.41) is 1.14. The van der Waals surface area contributed by atoms with Crippen LogP contribution in [0.1, 0.15) is 19.3 Å². The Morgan fingerprint density at radius 3 is 2.89 bits per heavy atom. The molecule has 1 aromatic carbocycles. The van der Waals surface area contributed by atoms with Crippen molar-refractivity contribution < 1.29 is 8.78 Å². The molecule has 1 heterocycles. The maximum absolute atomic E-state index is 13.2. The third-order valence-electron chi connectivity index (χ3n) is 3.72. The molecule has 0 aliphatic heterocycles. The third-order valence-corrected chi connectivity index (χ3v) is 4.41. The highest BCUT2D eigenvalue weighted by molar-refractivity contribution is 9.10. The molecule has 1 nitrogen and oxygen atoms in total. The van der Waals surface area contributed by atoms with E-state index in [1.165, 1.54) is 0 Å². The zero-order valence-corrected chi connectivity index (χ0v) is 11.5. The molecule has 0 radical (unpaired) electrons. The van der Waals surface area contributed by atoms with Gasteiger partial charge in [-0.2, -0.15) is 0 Å². The van der Waals surface area contributed by atoms with E-state index in [1.807, 2.05) is 30.5 Å². The Morgan fingerprint density at radius 1 is 1.33 bits per heavy atom. The van der Waals surface area contributed by atoms with Gasteiger partial charge in [-0.3, -0.25) is 0 Å². The maximum Gasteiger partial charge on any atom is 0.248 e. The number of hydrogen-bond acceptors (Lipinski definition) is 0. The SMILES string of the molecule is FC1(F)CCC(Cn2ccc3c(Br)cccc32)C1. The number of halogens is 3. The van der Waals surface area contributed by atoms with Crippen molar-refractivity contribution in [3.05, 3.63) is 34.9 Å². The lowest BCUT2D eigenvalue weighted by atomic mass is 10.1. The zero-order valence-electron chi connectivity index (χ0n) is 9.87. The molecule has 0 amide bonds. The summed E-state index contributed by atoms with van der Waals surface area (Å²) in [6.07, 6.45) is 2.69. The Morgan fingerprint density at radius 2 is 2.17 bits per heavy atom. The van der Waals surface area contributed by atoms with Crippen LogP contribution in [-0.4, -0.2) is 10.5 Å². The van der Waals surface area contributed by atoms with Crippen LogP contribution in [0.2, 0.25) is 0 Å². The molecule has 1 saturated carbocycles. The van der Waals surface area contributed by atoms with Crippen molar-refractivity contribution in [1.82, 2.24) is 4.57 Å². The number of benzene rings is 1. The number of fused-ring (bicyclic) bond motifs is 1. The number of nitrogens with zero attached hydrogens (tertiary/aromatic N) is 1. The van der Waals surface area contributed by atoms with Gasteiger partial charge in [-0.25, -0.2) is 8.78 Å². The van der Waals surface area contributed by atoms with Crippen molar-refractivity contribution in [2.75, 3.05) is 0 Å². The molecule has 0 bridgehead atoms. The molecular formula is C14H14BrF2N. The van der Waals surface area contributed by atoms with Crippen molar-refractivity contribution in [3.8, 4) is 0 Å². The van der Waals surface area contributed by atoms with E-state index in [-0.39, 0.29) is 18.8 Å². The molecule has 1 aromatic heterocycles. The van der Waals surface area contributed by atoms with Gasteiger partial charge in [-0.1, -0.05) is 22.0 Å². The van der Waals surface area contributed by atoms with Gasteiger partial charge in [0, 0.05) is 41.0 Å². The summed E-state index contributed by atoms with van der Waals surface area (Å²) in [4.78, 5) is 0. The molecule has 4 heteroatoms. The van der Waals surface area contributed by atoms with Gasteiger partial charge in [0.15, 0.2) is 0 Å². The quantitative estimate of drug-likeness (QED) is 0.747. The van der Waals surface area contributed by atoms with E-state index in [2.05, 4.69) is 20.5 Å². The molecule has 1 aliphatic carbocycles. The van der Waals surface area contributed by atoms with E-state index < -0.39 is 5.92 Å². The Kier molecular flexibility index (Phi) is 2.93. The van der Waals surface area contributed by atoms with E-state index in [0.29, 0.717) is 13.0 Å². The lowest BCUT2D eigenvalue weighted by Crippen LogP contribution is -2.12. The summed E-state index contributed by atoms with van der Waals surface area (Å²) in [6.45, 7) is 0.690. The van der Waals surface area contributed by atoms with Crippen LogP contribution in [0, 0.1) is 5.92 Å². The number of rotatable bonds is 2. The molecule has 1 fully saturated rings. The van der Waals surface area contributed by atoms with Gasteiger partial charge in [-0.15, -0.1) is 0 Å². The first-order valence-corrected chi connectivity index (χ1v) is 6.96. The van der Waals surface area contributed by atoms with E-state index >= 15 is 0 Å². The third kappa shape index (κ3) is 2.18. The Hall–Kier alpha value is -0.900. The van der Waals surface area contributed by atoms with Crippen LogP contribution in [0.25, 0.3) is 10.9 Å². The van der Waals surface area contributed by atoms with Crippen molar-refractivity contribution >= 4 is 26.8 Å². The summed E-state index contributed by atoms with van der Waals surface area (Å²) in [6, 6.07) is 8.04. The first-order chi connectivity index (χ1) is 8.55. The maximum atomic E-state index is 13.2. The number of aromatic nitrogens is 1. The van der Waals surface area contributed by atoms with Crippen LogP contribution in [0.3, 0.4) is 0 Å². The van der Waals surface area contributed by atoms with Gasteiger partial charge >= 0.3 is 0 Å². The molecule has 0 spiro atoms. The van der Waals surface area contributed by atoms with Crippen molar-refractivity contribution in [2.45, 2.75) is 31.7 Å². The minimum Gasteiger partial charge on any atom is -0.347 e. The van der Waals surface area contributed by atoms with Crippen LogP contribution in [0.15, 0.2) is 34.9 Å². The Balaban J connectivity index is 1.86. The normalized spacial score (nSPS) is 22.7. The Labute approximate surface area is 113 Å². The Bertz CT molecular complexity index is 576. The molecular weight excluding hydrogens is 300 g/mol. The van der Waals surface area contributed by atoms with Crippen LogP contribution in [0.4, 0.5) is 8.78 Å². The average molecular weight is 314 g/mol. The molecule has 0 saturated heterocycles. The average Bonchev–Trinajstić information content (AvgIpc) is 2.85. The van der Waals surface area contributed by atoms with Crippen LogP contribution in [0.5, 0.6) is 0 Å². The predicted molar refractivity (Wildman–Crippen MR) is 71.9 cm³/mol. The summed E-state index contributed by atoms with van der Waals surface area (Å²) in [5.41, 5.74) is 1.11. The molecule has 1 atom stereocenters. The van der Waals surface area contributed by atoms with Gasteiger partial charge in [0.1, 0.15) is 0 Å². The van der Waals surface area contributed by atoms with E-state index in [9.17, 15) is 8.78 Å². The first kappa shape index (κ1) is 12.2. The number of alkyl halides is 2. The fourth-order valence-electron chi connectivity index (χ4n) is 2.82. The van der Waals surface area contributed by atoms with Crippen molar-refractivity contribution in [2.24, 2.45) is 5.92 Å². The summed E-state index contributed by atoms with van der Waals surface area (Å²) >= 11 is 3.51. The molecule has 3 rings (SSSR count). The van der Waals surface area contributed by atoms with Gasteiger partial charge < -0.3 is 4.57 Å². The second-order valence-electron chi connectivity index (χ2n) is 5.11.